The minimum Gasteiger partial charge on any atom is -0.452 e. The summed E-state index contributed by atoms with van der Waals surface area (Å²) in [6, 6.07) is 12.9. The van der Waals surface area contributed by atoms with E-state index in [1.807, 2.05) is 24.3 Å². The van der Waals surface area contributed by atoms with Crippen LogP contribution in [0.5, 0.6) is 0 Å². The Kier molecular flexibility index (Phi) is 6.28. The van der Waals surface area contributed by atoms with Gasteiger partial charge >= 0.3 is 5.97 Å². The minimum atomic E-state index is -3.64. The molecular weight excluding hydrogens is 442 g/mol. The second kappa shape index (κ2) is 9.10. The van der Waals surface area contributed by atoms with Gasteiger partial charge in [0.15, 0.2) is 11.7 Å². The third-order valence-corrected chi connectivity index (χ3v) is 7.44. The van der Waals surface area contributed by atoms with Crippen LogP contribution in [0.1, 0.15) is 10.4 Å². The maximum Gasteiger partial charge on any atom is 0.338 e. The third-order valence-electron chi connectivity index (χ3n) is 4.57. The van der Waals surface area contributed by atoms with Crippen LogP contribution in [-0.2, 0) is 24.3 Å². The van der Waals surface area contributed by atoms with Crippen molar-refractivity contribution >= 4 is 48.6 Å². The standard InChI is InChI=1S/C20H19N3O6S2/c24-18(22-20-21-16-3-1-2-4-17(16)30-20)13-29-19(25)14-5-7-15(8-6-14)31(26,27)23-9-11-28-12-10-23/h1-8H,9-13H2,(H,21,22,24). The molecule has 1 aromatic heterocycles. The zero-order valence-electron chi connectivity index (χ0n) is 16.3. The van der Waals surface area contributed by atoms with E-state index in [1.165, 1.54) is 39.9 Å². The summed E-state index contributed by atoms with van der Waals surface area (Å²) in [7, 11) is -3.64. The van der Waals surface area contributed by atoms with Crippen LogP contribution in [0.25, 0.3) is 10.2 Å². The Balaban J connectivity index is 1.33. The average molecular weight is 462 g/mol. The topological polar surface area (TPSA) is 115 Å². The average Bonchev–Trinajstić information content (AvgIpc) is 3.20. The monoisotopic (exact) mass is 461 g/mol. The molecule has 0 saturated carbocycles. The van der Waals surface area contributed by atoms with Crippen LogP contribution >= 0.6 is 11.3 Å². The number of para-hydroxylation sites is 1. The number of carbonyl (C=O) groups is 2. The van der Waals surface area contributed by atoms with Gasteiger partial charge in [-0.3, -0.25) is 10.1 Å². The highest BCUT2D eigenvalue weighted by Gasteiger charge is 2.26. The van der Waals surface area contributed by atoms with Crippen LogP contribution in [0.2, 0.25) is 0 Å². The summed E-state index contributed by atoms with van der Waals surface area (Å²) in [5.41, 5.74) is 0.917. The molecule has 1 aliphatic rings. The highest BCUT2D eigenvalue weighted by atomic mass is 32.2. The normalized spacial score (nSPS) is 15.0. The number of rotatable bonds is 6. The molecule has 0 aliphatic carbocycles. The van der Waals surface area contributed by atoms with Crippen molar-refractivity contribution in [2.75, 3.05) is 38.2 Å². The van der Waals surface area contributed by atoms with Gasteiger partial charge in [-0.1, -0.05) is 23.5 Å². The number of ether oxygens (including phenoxy) is 2. The van der Waals surface area contributed by atoms with E-state index in [4.69, 9.17) is 9.47 Å². The molecule has 2 aromatic carbocycles. The fourth-order valence-corrected chi connectivity index (χ4v) is 5.28. The zero-order chi connectivity index (χ0) is 21.8. The Bertz CT molecular complexity index is 1170. The lowest BCUT2D eigenvalue weighted by molar-refractivity contribution is -0.119. The predicted octanol–water partition coefficient (Wildman–Crippen LogP) is 2.11. The number of aromatic nitrogens is 1. The number of sulfonamides is 1. The largest absolute Gasteiger partial charge is 0.452 e. The molecule has 0 bridgehead atoms. The molecule has 1 saturated heterocycles. The molecule has 1 aliphatic heterocycles. The van der Waals surface area contributed by atoms with Gasteiger partial charge in [0, 0.05) is 13.1 Å². The first kappa shape index (κ1) is 21.4. The molecule has 0 atom stereocenters. The molecule has 1 fully saturated rings. The summed E-state index contributed by atoms with van der Waals surface area (Å²) in [4.78, 5) is 28.7. The number of carbonyl (C=O) groups excluding carboxylic acids is 2. The number of thiazole rings is 1. The summed E-state index contributed by atoms with van der Waals surface area (Å²) < 4.78 is 37.7. The minimum absolute atomic E-state index is 0.0829. The molecule has 4 rings (SSSR count). The van der Waals surface area contributed by atoms with Crippen molar-refractivity contribution < 1.29 is 27.5 Å². The highest BCUT2D eigenvalue weighted by molar-refractivity contribution is 7.89. The van der Waals surface area contributed by atoms with Gasteiger partial charge in [0.05, 0.1) is 33.9 Å². The van der Waals surface area contributed by atoms with Crippen molar-refractivity contribution in [2.24, 2.45) is 0 Å². The van der Waals surface area contributed by atoms with Gasteiger partial charge < -0.3 is 9.47 Å². The summed E-state index contributed by atoms with van der Waals surface area (Å²) in [6.45, 7) is 0.791. The molecule has 0 spiro atoms. The number of hydrogen-bond donors (Lipinski definition) is 1. The predicted molar refractivity (Wildman–Crippen MR) is 115 cm³/mol. The number of esters is 1. The smallest absolute Gasteiger partial charge is 0.338 e. The van der Waals surface area contributed by atoms with E-state index < -0.39 is 28.5 Å². The van der Waals surface area contributed by atoms with E-state index >= 15 is 0 Å². The van der Waals surface area contributed by atoms with Gasteiger partial charge in [0.25, 0.3) is 5.91 Å². The third kappa shape index (κ3) is 4.90. The Hall–Kier alpha value is -2.86. The molecule has 11 heteroatoms. The quantitative estimate of drug-likeness (QED) is 0.559. The molecule has 3 aromatic rings. The van der Waals surface area contributed by atoms with Gasteiger partial charge in [-0.25, -0.2) is 18.2 Å². The second-order valence-corrected chi connectivity index (χ2v) is 9.62. The Morgan fingerprint density at radius 1 is 1.10 bits per heavy atom. The van der Waals surface area contributed by atoms with Crippen molar-refractivity contribution in [3.05, 3.63) is 54.1 Å². The van der Waals surface area contributed by atoms with E-state index in [0.717, 1.165) is 10.2 Å². The fourth-order valence-electron chi connectivity index (χ4n) is 2.99. The van der Waals surface area contributed by atoms with Crippen molar-refractivity contribution in [3.8, 4) is 0 Å². The highest BCUT2D eigenvalue weighted by Crippen LogP contribution is 2.25. The maximum atomic E-state index is 12.6. The van der Waals surface area contributed by atoms with Crippen molar-refractivity contribution in [2.45, 2.75) is 4.90 Å². The molecule has 1 amide bonds. The SMILES string of the molecule is O=C(COC(=O)c1ccc(S(=O)(=O)N2CCOCC2)cc1)Nc1nc2ccccc2s1. The number of hydrogen-bond acceptors (Lipinski definition) is 8. The van der Waals surface area contributed by atoms with E-state index in [1.54, 1.807) is 0 Å². The van der Waals surface area contributed by atoms with Crippen LogP contribution in [0.4, 0.5) is 5.13 Å². The molecule has 162 valence electrons. The summed E-state index contributed by atoms with van der Waals surface area (Å²) in [5.74, 6) is -1.24. The van der Waals surface area contributed by atoms with Gasteiger partial charge in [0.1, 0.15) is 0 Å². The number of anilines is 1. The Morgan fingerprint density at radius 3 is 2.52 bits per heavy atom. The molecule has 0 unspecified atom stereocenters. The van der Waals surface area contributed by atoms with Crippen LogP contribution in [0, 0.1) is 0 Å². The fraction of sp³-hybridized carbons (Fsp3) is 0.250. The number of nitrogens with one attached hydrogen (secondary N) is 1. The molecular formula is C20H19N3O6S2. The van der Waals surface area contributed by atoms with Crippen molar-refractivity contribution in [1.82, 2.24) is 9.29 Å². The number of amides is 1. The van der Waals surface area contributed by atoms with E-state index in [9.17, 15) is 18.0 Å². The van der Waals surface area contributed by atoms with Crippen LogP contribution in [0.3, 0.4) is 0 Å². The lowest BCUT2D eigenvalue weighted by Crippen LogP contribution is -2.40. The van der Waals surface area contributed by atoms with Crippen LogP contribution < -0.4 is 5.32 Å². The van der Waals surface area contributed by atoms with E-state index in [-0.39, 0.29) is 23.5 Å². The molecule has 0 radical (unpaired) electrons. The second-order valence-electron chi connectivity index (χ2n) is 6.65. The number of morpholine rings is 1. The van der Waals surface area contributed by atoms with Gasteiger partial charge in [-0.2, -0.15) is 4.31 Å². The number of nitrogens with zero attached hydrogens (tertiary/aromatic N) is 2. The Labute approximate surface area is 182 Å². The number of benzene rings is 2. The van der Waals surface area contributed by atoms with Crippen molar-refractivity contribution in [1.29, 1.82) is 0 Å². The zero-order valence-corrected chi connectivity index (χ0v) is 17.9. The first-order valence-corrected chi connectivity index (χ1v) is 11.7. The molecule has 31 heavy (non-hydrogen) atoms. The molecule has 9 nitrogen and oxygen atoms in total. The first-order valence-electron chi connectivity index (χ1n) is 9.44. The van der Waals surface area contributed by atoms with Gasteiger partial charge in [-0.05, 0) is 36.4 Å². The number of fused-ring (bicyclic) bond motifs is 1. The Morgan fingerprint density at radius 2 is 1.81 bits per heavy atom. The van der Waals surface area contributed by atoms with Crippen LogP contribution in [-0.4, -0.2) is 62.5 Å². The van der Waals surface area contributed by atoms with E-state index in [0.29, 0.717) is 18.3 Å². The van der Waals surface area contributed by atoms with Crippen LogP contribution in [0.15, 0.2) is 53.4 Å². The summed E-state index contributed by atoms with van der Waals surface area (Å²) in [6.07, 6.45) is 0. The van der Waals surface area contributed by atoms with E-state index in [2.05, 4.69) is 10.3 Å². The van der Waals surface area contributed by atoms with Crippen molar-refractivity contribution in [3.63, 3.8) is 0 Å². The maximum absolute atomic E-state index is 12.6. The van der Waals surface area contributed by atoms with Gasteiger partial charge in [-0.15, -0.1) is 0 Å². The first-order chi connectivity index (χ1) is 14.9. The van der Waals surface area contributed by atoms with Gasteiger partial charge in [0.2, 0.25) is 10.0 Å². The molecule has 2 heterocycles. The summed E-state index contributed by atoms with van der Waals surface area (Å²) in [5, 5.41) is 3.02. The lowest BCUT2D eigenvalue weighted by atomic mass is 10.2. The summed E-state index contributed by atoms with van der Waals surface area (Å²) >= 11 is 1.32. The lowest BCUT2D eigenvalue weighted by Gasteiger charge is -2.26. The molecule has 1 N–H and O–H groups in total.